The Labute approximate surface area is 144 Å². The van der Waals surface area contributed by atoms with Gasteiger partial charge in [0.15, 0.2) is 9.84 Å². The van der Waals surface area contributed by atoms with E-state index in [1.54, 1.807) is 0 Å². The SMILES string of the molecule is O=C(CNCS(=O)(=O)c1cccc(C(F)(F)F)c1)NC1CCCCC1. The topological polar surface area (TPSA) is 75.3 Å². The van der Waals surface area contributed by atoms with Gasteiger partial charge in [-0.1, -0.05) is 25.3 Å². The minimum Gasteiger partial charge on any atom is -0.352 e. The van der Waals surface area contributed by atoms with Gasteiger partial charge in [0.1, 0.15) is 5.88 Å². The van der Waals surface area contributed by atoms with Crippen molar-refractivity contribution < 1.29 is 26.4 Å². The molecule has 2 rings (SSSR count). The van der Waals surface area contributed by atoms with Crippen molar-refractivity contribution in [1.29, 1.82) is 0 Å². The zero-order valence-corrected chi connectivity index (χ0v) is 14.4. The molecule has 1 aliphatic carbocycles. The van der Waals surface area contributed by atoms with E-state index in [2.05, 4.69) is 10.6 Å². The molecule has 0 bridgehead atoms. The summed E-state index contributed by atoms with van der Waals surface area (Å²) < 4.78 is 62.3. The Morgan fingerprint density at radius 2 is 1.84 bits per heavy atom. The average molecular weight is 378 g/mol. The molecule has 1 fully saturated rings. The molecule has 1 aromatic carbocycles. The monoisotopic (exact) mass is 378 g/mol. The third-order valence-electron chi connectivity index (χ3n) is 4.07. The van der Waals surface area contributed by atoms with Crippen LogP contribution in [0.4, 0.5) is 13.2 Å². The van der Waals surface area contributed by atoms with Crippen molar-refractivity contribution in [2.45, 2.75) is 49.2 Å². The van der Waals surface area contributed by atoms with Crippen LogP contribution >= 0.6 is 0 Å². The lowest BCUT2D eigenvalue weighted by Crippen LogP contribution is -2.42. The highest BCUT2D eigenvalue weighted by atomic mass is 32.2. The predicted octanol–water partition coefficient (Wildman–Crippen LogP) is 2.48. The van der Waals surface area contributed by atoms with E-state index in [1.807, 2.05) is 0 Å². The standard InChI is InChI=1S/C16H21F3N2O3S/c17-16(18,19)12-5-4-8-14(9-12)25(23,24)11-20-10-15(22)21-13-6-2-1-3-7-13/h4-5,8-9,13,20H,1-3,6-7,10-11H2,(H,21,22). The number of amides is 1. The first kappa shape index (κ1) is 19.7. The van der Waals surface area contributed by atoms with Gasteiger partial charge in [0.25, 0.3) is 0 Å². The van der Waals surface area contributed by atoms with Crippen LogP contribution in [0.2, 0.25) is 0 Å². The van der Waals surface area contributed by atoms with Crippen LogP contribution in [0, 0.1) is 0 Å². The largest absolute Gasteiger partial charge is 0.416 e. The molecule has 0 atom stereocenters. The predicted molar refractivity (Wildman–Crippen MR) is 86.5 cm³/mol. The van der Waals surface area contributed by atoms with Crippen LogP contribution in [0.3, 0.4) is 0 Å². The molecule has 140 valence electrons. The summed E-state index contributed by atoms with van der Waals surface area (Å²) in [5.41, 5.74) is -1.02. The molecule has 0 radical (unpaired) electrons. The summed E-state index contributed by atoms with van der Waals surface area (Å²) in [6, 6.07) is 3.67. The van der Waals surface area contributed by atoms with E-state index in [0.29, 0.717) is 6.07 Å². The number of rotatable bonds is 6. The molecule has 1 aromatic rings. The minimum atomic E-state index is -4.61. The fourth-order valence-electron chi connectivity index (χ4n) is 2.77. The van der Waals surface area contributed by atoms with E-state index in [9.17, 15) is 26.4 Å². The second kappa shape index (κ2) is 8.18. The number of alkyl halides is 3. The Morgan fingerprint density at radius 1 is 1.16 bits per heavy atom. The quantitative estimate of drug-likeness (QED) is 0.798. The van der Waals surface area contributed by atoms with Crippen LogP contribution < -0.4 is 10.6 Å². The minimum absolute atomic E-state index is 0.114. The smallest absolute Gasteiger partial charge is 0.352 e. The fraction of sp³-hybridized carbons (Fsp3) is 0.562. The number of hydrogen-bond donors (Lipinski definition) is 2. The van der Waals surface area contributed by atoms with Gasteiger partial charge < -0.3 is 5.32 Å². The molecule has 0 aliphatic heterocycles. The fourth-order valence-corrected chi connectivity index (χ4v) is 3.90. The molecule has 1 saturated carbocycles. The van der Waals surface area contributed by atoms with Gasteiger partial charge in [0.05, 0.1) is 17.0 Å². The number of hydrogen-bond acceptors (Lipinski definition) is 4. The molecule has 1 amide bonds. The highest BCUT2D eigenvalue weighted by Crippen LogP contribution is 2.30. The Kier molecular flexibility index (Phi) is 6.45. The zero-order chi connectivity index (χ0) is 18.5. The average Bonchev–Trinajstić information content (AvgIpc) is 2.55. The van der Waals surface area contributed by atoms with Crippen LogP contribution in [-0.2, 0) is 20.8 Å². The summed E-state index contributed by atoms with van der Waals surface area (Å²) in [4.78, 5) is 11.4. The van der Waals surface area contributed by atoms with Crippen molar-refractivity contribution in [2.24, 2.45) is 0 Å². The first-order valence-corrected chi connectivity index (χ1v) is 9.74. The summed E-state index contributed by atoms with van der Waals surface area (Å²) >= 11 is 0. The van der Waals surface area contributed by atoms with Crippen LogP contribution in [0.25, 0.3) is 0 Å². The van der Waals surface area contributed by atoms with E-state index >= 15 is 0 Å². The summed E-state index contributed by atoms with van der Waals surface area (Å²) in [6.07, 6.45) is 0.478. The number of carbonyl (C=O) groups excluding carboxylic acids is 1. The third-order valence-corrected chi connectivity index (χ3v) is 5.62. The highest BCUT2D eigenvalue weighted by Gasteiger charge is 2.31. The van der Waals surface area contributed by atoms with Gasteiger partial charge in [-0.3, -0.25) is 10.1 Å². The molecule has 25 heavy (non-hydrogen) atoms. The van der Waals surface area contributed by atoms with E-state index in [-0.39, 0.29) is 18.5 Å². The van der Waals surface area contributed by atoms with Gasteiger partial charge in [-0.15, -0.1) is 0 Å². The Bertz CT molecular complexity index is 699. The van der Waals surface area contributed by atoms with Gasteiger partial charge in [-0.25, -0.2) is 8.42 Å². The number of sulfone groups is 1. The maximum absolute atomic E-state index is 12.7. The number of carbonyl (C=O) groups is 1. The lowest BCUT2D eigenvalue weighted by molar-refractivity contribution is -0.137. The maximum Gasteiger partial charge on any atom is 0.416 e. The zero-order valence-electron chi connectivity index (χ0n) is 13.6. The number of benzene rings is 1. The molecule has 9 heteroatoms. The van der Waals surface area contributed by atoms with Crippen LogP contribution in [0.15, 0.2) is 29.2 Å². The van der Waals surface area contributed by atoms with Crippen LogP contribution in [-0.4, -0.2) is 32.8 Å². The van der Waals surface area contributed by atoms with Gasteiger partial charge in [0.2, 0.25) is 5.91 Å². The molecule has 0 spiro atoms. The van der Waals surface area contributed by atoms with Crippen molar-refractivity contribution >= 4 is 15.7 Å². The summed E-state index contributed by atoms with van der Waals surface area (Å²) in [7, 11) is -3.96. The van der Waals surface area contributed by atoms with Gasteiger partial charge >= 0.3 is 6.18 Å². The van der Waals surface area contributed by atoms with Crippen LogP contribution in [0.1, 0.15) is 37.7 Å². The van der Waals surface area contributed by atoms with Crippen molar-refractivity contribution in [3.05, 3.63) is 29.8 Å². The van der Waals surface area contributed by atoms with Crippen molar-refractivity contribution in [1.82, 2.24) is 10.6 Å². The van der Waals surface area contributed by atoms with Gasteiger partial charge in [-0.2, -0.15) is 13.2 Å². The second-order valence-corrected chi connectivity index (χ2v) is 8.10. The highest BCUT2D eigenvalue weighted by molar-refractivity contribution is 7.91. The van der Waals surface area contributed by atoms with Gasteiger partial charge in [-0.05, 0) is 31.0 Å². The first-order valence-electron chi connectivity index (χ1n) is 8.08. The third kappa shape index (κ3) is 6.00. The molecule has 0 heterocycles. The second-order valence-electron chi connectivity index (χ2n) is 6.11. The lowest BCUT2D eigenvalue weighted by atomic mass is 9.95. The van der Waals surface area contributed by atoms with Crippen molar-refractivity contribution in [3.8, 4) is 0 Å². The Hall–Kier alpha value is -1.61. The molecule has 0 saturated heterocycles. The molecule has 5 nitrogen and oxygen atoms in total. The summed E-state index contributed by atoms with van der Waals surface area (Å²) in [5.74, 6) is -0.919. The lowest BCUT2D eigenvalue weighted by Gasteiger charge is -2.22. The number of halogens is 3. The Balaban J connectivity index is 1.88. The first-order chi connectivity index (χ1) is 11.7. The van der Waals surface area contributed by atoms with Crippen molar-refractivity contribution in [3.63, 3.8) is 0 Å². The molecular formula is C16H21F3N2O3S. The maximum atomic E-state index is 12.7. The van der Waals surface area contributed by atoms with Crippen LogP contribution in [0.5, 0.6) is 0 Å². The molecule has 0 aromatic heterocycles. The van der Waals surface area contributed by atoms with Crippen molar-refractivity contribution in [2.75, 3.05) is 12.4 Å². The van der Waals surface area contributed by atoms with Gasteiger partial charge in [0, 0.05) is 6.04 Å². The van der Waals surface area contributed by atoms with E-state index in [0.717, 1.165) is 50.3 Å². The summed E-state index contributed by atoms with van der Waals surface area (Å²) in [6.45, 7) is -0.200. The molecule has 1 aliphatic rings. The molecular weight excluding hydrogens is 357 g/mol. The Morgan fingerprint density at radius 3 is 2.48 bits per heavy atom. The van der Waals surface area contributed by atoms with E-state index in [1.165, 1.54) is 0 Å². The summed E-state index contributed by atoms with van der Waals surface area (Å²) in [5, 5.41) is 5.32. The number of nitrogens with one attached hydrogen (secondary N) is 2. The van der Waals surface area contributed by atoms with E-state index < -0.39 is 32.3 Å². The molecule has 0 unspecified atom stereocenters. The normalized spacial score (nSPS) is 16.6. The van der Waals surface area contributed by atoms with E-state index in [4.69, 9.17) is 0 Å². The molecule has 2 N–H and O–H groups in total.